The molecule has 2 heterocycles. The summed E-state index contributed by atoms with van der Waals surface area (Å²) in [5.74, 6) is -0.488. The Hall–Kier alpha value is -4.20. The molecule has 208 valence electrons. The predicted octanol–water partition coefficient (Wildman–Crippen LogP) is 6.20. The molecule has 0 N–H and O–H groups in total. The number of para-hydroxylation sites is 1. The summed E-state index contributed by atoms with van der Waals surface area (Å²) in [5.41, 5.74) is 4.49. The van der Waals surface area contributed by atoms with E-state index in [0.717, 1.165) is 17.7 Å². The Labute approximate surface area is 234 Å². The van der Waals surface area contributed by atoms with Gasteiger partial charge in [-0.3, -0.25) is 19.7 Å². The second-order valence-electron chi connectivity index (χ2n) is 11.2. The van der Waals surface area contributed by atoms with Crippen molar-refractivity contribution in [3.05, 3.63) is 98.6 Å². The lowest BCUT2D eigenvalue weighted by molar-refractivity contribution is -0.385. The highest BCUT2D eigenvalue weighted by atomic mass is 16.6. The van der Waals surface area contributed by atoms with Crippen LogP contribution in [0.2, 0.25) is 0 Å². The summed E-state index contributed by atoms with van der Waals surface area (Å²) in [6, 6.07) is 19.9. The molecule has 0 saturated heterocycles. The van der Waals surface area contributed by atoms with E-state index >= 15 is 0 Å². The average Bonchev–Trinajstić information content (AvgIpc) is 3.10. The molecule has 8 heteroatoms. The number of nitro groups is 1. The monoisotopic (exact) mass is 542 g/mol. The first-order valence-electron chi connectivity index (χ1n) is 13.6. The molecule has 0 bridgehead atoms. The molecule has 5 rings (SSSR count). The SMILES string of the molecule is CCc1ccc(CN2c3ccccc3C(C)(C)C23CCc2cc([N+](=O)[O-])cc(COC(=O)CC(C)=O)c2O3)cc1. The van der Waals surface area contributed by atoms with Crippen molar-refractivity contribution in [3.8, 4) is 5.75 Å². The molecule has 2 aliphatic rings. The minimum absolute atomic E-state index is 0.0854. The summed E-state index contributed by atoms with van der Waals surface area (Å²) in [5, 5.41) is 11.7. The Morgan fingerprint density at radius 2 is 1.77 bits per heavy atom. The molecule has 0 aromatic heterocycles. The van der Waals surface area contributed by atoms with Crippen molar-refractivity contribution < 1.29 is 24.0 Å². The van der Waals surface area contributed by atoms with Gasteiger partial charge in [0, 0.05) is 41.9 Å². The van der Waals surface area contributed by atoms with Crippen LogP contribution in [0.4, 0.5) is 11.4 Å². The maximum atomic E-state index is 12.2. The number of fused-ring (bicyclic) bond motifs is 2. The number of carbonyl (C=O) groups excluding carboxylic acids is 2. The molecular formula is C32H34N2O6. The maximum absolute atomic E-state index is 12.2. The first kappa shape index (κ1) is 27.4. The number of hydrogen-bond acceptors (Lipinski definition) is 7. The van der Waals surface area contributed by atoms with E-state index in [0.29, 0.717) is 36.3 Å². The van der Waals surface area contributed by atoms with Crippen LogP contribution < -0.4 is 9.64 Å². The minimum atomic E-state index is -0.790. The largest absolute Gasteiger partial charge is 0.466 e. The van der Waals surface area contributed by atoms with Gasteiger partial charge in [-0.05, 0) is 56.4 Å². The van der Waals surface area contributed by atoms with Crippen molar-refractivity contribution in [2.75, 3.05) is 4.90 Å². The fourth-order valence-electron chi connectivity index (χ4n) is 6.09. The number of Topliss-reactive ketones (excluding diaryl/α,β-unsaturated/α-hetero) is 1. The maximum Gasteiger partial charge on any atom is 0.313 e. The lowest BCUT2D eigenvalue weighted by Crippen LogP contribution is -2.61. The first-order valence-corrected chi connectivity index (χ1v) is 13.6. The fourth-order valence-corrected chi connectivity index (χ4v) is 6.09. The van der Waals surface area contributed by atoms with E-state index < -0.39 is 22.0 Å². The molecular weight excluding hydrogens is 508 g/mol. The van der Waals surface area contributed by atoms with E-state index in [1.54, 1.807) is 6.07 Å². The zero-order chi connectivity index (χ0) is 28.7. The Kier molecular flexibility index (Phi) is 7.12. The highest BCUT2D eigenvalue weighted by Crippen LogP contribution is 2.57. The Bertz CT molecular complexity index is 1480. The van der Waals surface area contributed by atoms with Gasteiger partial charge in [-0.1, -0.05) is 49.4 Å². The third-order valence-corrected chi connectivity index (χ3v) is 8.28. The zero-order valence-electron chi connectivity index (χ0n) is 23.4. The summed E-state index contributed by atoms with van der Waals surface area (Å²) in [6.07, 6.45) is 1.78. The van der Waals surface area contributed by atoms with E-state index in [-0.39, 0.29) is 24.5 Å². The van der Waals surface area contributed by atoms with Crippen LogP contribution in [-0.4, -0.2) is 22.4 Å². The van der Waals surface area contributed by atoms with E-state index in [9.17, 15) is 19.7 Å². The van der Waals surface area contributed by atoms with E-state index in [2.05, 4.69) is 62.1 Å². The molecule has 40 heavy (non-hydrogen) atoms. The van der Waals surface area contributed by atoms with Crippen molar-refractivity contribution in [3.63, 3.8) is 0 Å². The van der Waals surface area contributed by atoms with Gasteiger partial charge >= 0.3 is 5.97 Å². The Morgan fingerprint density at radius 1 is 1.07 bits per heavy atom. The molecule has 0 amide bonds. The molecule has 1 unspecified atom stereocenters. The van der Waals surface area contributed by atoms with E-state index in [1.807, 2.05) is 12.1 Å². The summed E-state index contributed by atoms with van der Waals surface area (Å²) in [4.78, 5) is 37.2. The molecule has 0 radical (unpaired) electrons. The molecule has 2 aliphatic heterocycles. The molecule has 1 spiro atoms. The number of nitrogens with zero attached hydrogens (tertiary/aromatic N) is 2. The highest BCUT2D eigenvalue weighted by Gasteiger charge is 2.60. The molecule has 1 atom stereocenters. The summed E-state index contributed by atoms with van der Waals surface area (Å²) < 4.78 is 12.4. The number of benzene rings is 3. The topological polar surface area (TPSA) is 99.0 Å². The molecule has 3 aromatic rings. The number of rotatable bonds is 8. The van der Waals surface area contributed by atoms with E-state index in [1.165, 1.54) is 24.1 Å². The normalized spacial score (nSPS) is 18.6. The number of anilines is 1. The van der Waals surface area contributed by atoms with Crippen LogP contribution >= 0.6 is 0 Å². The van der Waals surface area contributed by atoms with E-state index in [4.69, 9.17) is 9.47 Å². The Balaban J connectivity index is 1.58. The van der Waals surface area contributed by atoms with Crippen molar-refractivity contribution in [1.29, 1.82) is 0 Å². The second-order valence-corrected chi connectivity index (χ2v) is 11.2. The number of ketones is 1. The quantitative estimate of drug-likeness (QED) is 0.145. The van der Waals surface area contributed by atoms with Crippen molar-refractivity contribution in [2.45, 2.75) is 77.7 Å². The smallest absolute Gasteiger partial charge is 0.313 e. The molecule has 8 nitrogen and oxygen atoms in total. The first-order chi connectivity index (χ1) is 19.1. The van der Waals surface area contributed by atoms with Gasteiger partial charge in [-0.15, -0.1) is 0 Å². The number of carbonyl (C=O) groups is 2. The van der Waals surface area contributed by atoms with Crippen LogP contribution in [0.5, 0.6) is 5.75 Å². The average molecular weight is 543 g/mol. The third kappa shape index (κ3) is 4.72. The summed E-state index contributed by atoms with van der Waals surface area (Å²) in [7, 11) is 0. The van der Waals surface area contributed by atoms with Gasteiger partial charge < -0.3 is 14.4 Å². The number of aryl methyl sites for hydroxylation is 2. The van der Waals surface area contributed by atoms with Gasteiger partial charge in [-0.25, -0.2) is 0 Å². The summed E-state index contributed by atoms with van der Waals surface area (Å²) in [6.45, 7) is 8.20. The zero-order valence-corrected chi connectivity index (χ0v) is 23.4. The molecule has 0 saturated carbocycles. The minimum Gasteiger partial charge on any atom is -0.466 e. The second kappa shape index (κ2) is 10.4. The molecule has 0 aliphatic carbocycles. The highest BCUT2D eigenvalue weighted by molar-refractivity contribution is 5.94. The number of non-ortho nitro benzene ring substituents is 1. The van der Waals surface area contributed by atoms with Crippen molar-refractivity contribution in [2.24, 2.45) is 0 Å². The van der Waals surface area contributed by atoms with Gasteiger partial charge in [0.1, 0.15) is 24.6 Å². The van der Waals surface area contributed by atoms with Crippen molar-refractivity contribution in [1.82, 2.24) is 0 Å². The van der Waals surface area contributed by atoms with Crippen LogP contribution in [0.3, 0.4) is 0 Å². The van der Waals surface area contributed by atoms with Gasteiger partial charge in [0.15, 0.2) is 5.72 Å². The number of nitro benzene ring substituents is 1. The predicted molar refractivity (Wildman–Crippen MR) is 151 cm³/mol. The van der Waals surface area contributed by atoms with Crippen LogP contribution in [0.1, 0.15) is 68.4 Å². The number of ether oxygens (including phenoxy) is 2. The van der Waals surface area contributed by atoms with Crippen LogP contribution in [0.15, 0.2) is 60.7 Å². The standard InChI is InChI=1S/C32H34N2O6/c1-5-22-10-12-23(13-11-22)19-33-28-9-7-6-8-27(28)31(3,4)32(33)15-14-24-17-26(34(37)38)18-25(30(24)40-32)20-39-29(36)16-21(2)35/h6-13,17-18H,5,14-16,19-20H2,1-4H3. The lowest BCUT2D eigenvalue weighted by atomic mass is 9.73. The molecule has 0 fully saturated rings. The van der Waals surface area contributed by atoms with Gasteiger partial charge in [0.05, 0.1) is 10.3 Å². The number of hydrogen-bond donors (Lipinski definition) is 0. The number of esters is 1. The lowest BCUT2D eigenvalue weighted by Gasteiger charge is -2.50. The van der Waals surface area contributed by atoms with Crippen LogP contribution in [-0.2, 0) is 45.7 Å². The molecule has 3 aromatic carbocycles. The third-order valence-electron chi connectivity index (χ3n) is 8.28. The van der Waals surface area contributed by atoms with Gasteiger partial charge in [-0.2, -0.15) is 0 Å². The fraction of sp³-hybridized carbons (Fsp3) is 0.375. The Morgan fingerprint density at radius 3 is 2.45 bits per heavy atom. The summed E-state index contributed by atoms with van der Waals surface area (Å²) >= 11 is 0. The van der Waals surface area contributed by atoms with Crippen LogP contribution in [0, 0.1) is 10.1 Å². The van der Waals surface area contributed by atoms with Crippen LogP contribution in [0.25, 0.3) is 0 Å². The van der Waals surface area contributed by atoms with Gasteiger partial charge in [0.2, 0.25) is 0 Å². The van der Waals surface area contributed by atoms with Gasteiger partial charge in [0.25, 0.3) is 5.69 Å². The van der Waals surface area contributed by atoms with Crippen molar-refractivity contribution >= 4 is 23.1 Å².